The van der Waals surface area contributed by atoms with E-state index in [1.807, 2.05) is 59.4 Å². The van der Waals surface area contributed by atoms with Crippen molar-refractivity contribution in [3.05, 3.63) is 116 Å². The first-order valence-electron chi connectivity index (χ1n) is 10.5. The van der Waals surface area contributed by atoms with Crippen LogP contribution in [0, 0.1) is 0 Å². The minimum absolute atomic E-state index is 0.186. The van der Waals surface area contributed by atoms with Crippen LogP contribution < -0.4 is 9.46 Å². The van der Waals surface area contributed by atoms with E-state index in [0.717, 1.165) is 11.1 Å². The molecule has 0 aliphatic rings. The van der Waals surface area contributed by atoms with Gasteiger partial charge in [-0.05, 0) is 59.7 Å². The van der Waals surface area contributed by atoms with Gasteiger partial charge in [-0.25, -0.2) is 18.4 Å². The number of aromatic nitrogens is 3. The first-order valence-corrected chi connectivity index (χ1v) is 12.0. The molecule has 2 aromatic heterocycles. The largest absolute Gasteiger partial charge is 0.439 e. The Morgan fingerprint density at radius 3 is 2.12 bits per heavy atom. The second-order valence-electron chi connectivity index (χ2n) is 7.43. The number of nitrogens with one attached hydrogen (secondary N) is 1. The summed E-state index contributed by atoms with van der Waals surface area (Å²) in [6.45, 7) is 0. The number of anilines is 1. The van der Waals surface area contributed by atoms with E-state index in [-0.39, 0.29) is 4.90 Å². The number of hydrogen-bond acceptors (Lipinski definition) is 5. The van der Waals surface area contributed by atoms with Crippen LogP contribution in [0.3, 0.4) is 0 Å². The zero-order valence-electron chi connectivity index (χ0n) is 17.9. The summed E-state index contributed by atoms with van der Waals surface area (Å²) < 4.78 is 35.9. The Bertz CT molecular complexity index is 1480. The molecule has 0 atom stereocenters. The Kier molecular flexibility index (Phi) is 5.80. The molecular weight excluding hydrogens is 448 g/mol. The highest BCUT2D eigenvalue weighted by Crippen LogP contribution is 2.25. The molecule has 0 spiro atoms. The molecule has 0 fully saturated rings. The van der Waals surface area contributed by atoms with Crippen LogP contribution in [0.1, 0.15) is 0 Å². The van der Waals surface area contributed by atoms with Gasteiger partial charge in [0.05, 0.1) is 4.90 Å². The van der Waals surface area contributed by atoms with E-state index >= 15 is 0 Å². The zero-order chi connectivity index (χ0) is 23.4. The van der Waals surface area contributed by atoms with E-state index in [9.17, 15) is 8.42 Å². The van der Waals surface area contributed by atoms with Gasteiger partial charge in [0, 0.05) is 24.1 Å². The van der Waals surface area contributed by atoms with E-state index in [1.54, 1.807) is 54.6 Å². The van der Waals surface area contributed by atoms with Crippen LogP contribution in [-0.2, 0) is 10.0 Å². The zero-order valence-corrected chi connectivity index (χ0v) is 18.8. The lowest BCUT2D eigenvalue weighted by atomic mass is 10.1. The Morgan fingerprint density at radius 1 is 0.735 bits per heavy atom. The van der Waals surface area contributed by atoms with Crippen molar-refractivity contribution in [2.75, 3.05) is 4.72 Å². The highest BCUT2D eigenvalue weighted by molar-refractivity contribution is 7.92. The number of benzene rings is 3. The Labute approximate surface area is 197 Å². The molecule has 0 saturated heterocycles. The lowest BCUT2D eigenvalue weighted by Crippen LogP contribution is -2.12. The van der Waals surface area contributed by atoms with Gasteiger partial charge in [0.25, 0.3) is 10.0 Å². The van der Waals surface area contributed by atoms with Crippen LogP contribution in [0.5, 0.6) is 11.6 Å². The summed E-state index contributed by atoms with van der Waals surface area (Å²) in [7, 11) is -3.73. The maximum absolute atomic E-state index is 12.8. The van der Waals surface area contributed by atoms with Gasteiger partial charge < -0.3 is 9.30 Å². The molecule has 0 aliphatic heterocycles. The monoisotopic (exact) mass is 468 g/mol. The molecule has 3 aromatic carbocycles. The minimum atomic E-state index is -3.73. The topological polar surface area (TPSA) is 86.1 Å². The number of ether oxygens (including phenoxy) is 1. The third-order valence-electron chi connectivity index (χ3n) is 5.10. The van der Waals surface area contributed by atoms with Crippen molar-refractivity contribution in [2.24, 2.45) is 0 Å². The molecule has 5 aromatic rings. The van der Waals surface area contributed by atoms with Gasteiger partial charge in [-0.1, -0.05) is 42.5 Å². The Balaban J connectivity index is 1.27. The van der Waals surface area contributed by atoms with Gasteiger partial charge >= 0.3 is 0 Å². The molecule has 0 saturated carbocycles. The summed E-state index contributed by atoms with van der Waals surface area (Å²) in [6, 6.07) is 28.7. The fourth-order valence-electron chi connectivity index (χ4n) is 3.40. The van der Waals surface area contributed by atoms with E-state index in [4.69, 9.17) is 4.74 Å². The molecule has 0 aliphatic carbocycles. The van der Waals surface area contributed by atoms with Gasteiger partial charge in [-0.15, -0.1) is 0 Å². The van der Waals surface area contributed by atoms with Crippen molar-refractivity contribution < 1.29 is 13.2 Å². The van der Waals surface area contributed by atoms with Crippen molar-refractivity contribution in [1.29, 1.82) is 0 Å². The Hall–Kier alpha value is -4.43. The average Bonchev–Trinajstić information content (AvgIpc) is 3.41. The molecular formula is C26H20N4O3S. The molecule has 8 heteroatoms. The second-order valence-corrected chi connectivity index (χ2v) is 9.11. The van der Waals surface area contributed by atoms with E-state index in [2.05, 4.69) is 14.7 Å². The fourth-order valence-corrected chi connectivity index (χ4v) is 4.46. The molecule has 168 valence electrons. The highest BCUT2D eigenvalue weighted by atomic mass is 32.2. The standard InChI is InChI=1S/C26H20N4O3S/c31-34(32,24-14-8-21(9-15-24)20-6-2-1-3-7-20)29-22-10-12-23(13-11-22)33-26-18-25(27-19-28-26)30-16-4-5-17-30/h1-19,29H. The third kappa shape index (κ3) is 4.82. The third-order valence-corrected chi connectivity index (χ3v) is 6.49. The number of hydrogen-bond donors (Lipinski definition) is 1. The van der Waals surface area contributed by atoms with Crippen LogP contribution in [0.4, 0.5) is 5.69 Å². The summed E-state index contributed by atoms with van der Waals surface area (Å²) >= 11 is 0. The van der Waals surface area contributed by atoms with Crippen molar-refractivity contribution in [2.45, 2.75) is 4.90 Å². The predicted molar refractivity (Wildman–Crippen MR) is 131 cm³/mol. The summed E-state index contributed by atoms with van der Waals surface area (Å²) in [5.74, 6) is 1.58. The van der Waals surface area contributed by atoms with Crippen molar-refractivity contribution >= 4 is 15.7 Å². The SMILES string of the molecule is O=S(=O)(Nc1ccc(Oc2cc(-n3cccc3)ncn2)cc1)c1ccc(-c2ccccc2)cc1. The summed E-state index contributed by atoms with van der Waals surface area (Å²) in [5.41, 5.74) is 2.40. The molecule has 0 radical (unpaired) electrons. The number of rotatable bonds is 7. The minimum Gasteiger partial charge on any atom is -0.439 e. The first-order chi connectivity index (χ1) is 16.6. The van der Waals surface area contributed by atoms with Crippen LogP contribution in [0.15, 0.2) is 121 Å². The lowest BCUT2D eigenvalue weighted by Gasteiger charge is -2.10. The van der Waals surface area contributed by atoms with E-state index < -0.39 is 10.0 Å². The maximum Gasteiger partial charge on any atom is 0.261 e. The quantitative estimate of drug-likeness (QED) is 0.340. The molecule has 2 heterocycles. The van der Waals surface area contributed by atoms with E-state index in [0.29, 0.717) is 23.1 Å². The first kappa shape index (κ1) is 21.4. The van der Waals surface area contributed by atoms with Crippen LogP contribution in [-0.4, -0.2) is 23.0 Å². The Morgan fingerprint density at radius 2 is 1.41 bits per heavy atom. The van der Waals surface area contributed by atoms with Gasteiger partial charge in [-0.3, -0.25) is 4.72 Å². The van der Waals surface area contributed by atoms with Gasteiger partial charge in [0.15, 0.2) is 0 Å². The smallest absolute Gasteiger partial charge is 0.261 e. The van der Waals surface area contributed by atoms with Crippen molar-refractivity contribution in [1.82, 2.24) is 14.5 Å². The maximum atomic E-state index is 12.8. The fraction of sp³-hybridized carbons (Fsp3) is 0. The number of sulfonamides is 1. The summed E-state index contributed by atoms with van der Waals surface area (Å²) in [5, 5.41) is 0. The van der Waals surface area contributed by atoms with Crippen molar-refractivity contribution in [3.63, 3.8) is 0 Å². The molecule has 0 amide bonds. The number of nitrogens with zero attached hydrogens (tertiary/aromatic N) is 3. The van der Waals surface area contributed by atoms with Crippen molar-refractivity contribution in [3.8, 4) is 28.6 Å². The molecule has 5 rings (SSSR count). The molecule has 0 unspecified atom stereocenters. The molecule has 7 nitrogen and oxygen atoms in total. The highest BCUT2D eigenvalue weighted by Gasteiger charge is 2.14. The van der Waals surface area contributed by atoms with Gasteiger partial charge in [0.1, 0.15) is 17.9 Å². The second kappa shape index (κ2) is 9.21. The normalized spacial score (nSPS) is 11.2. The van der Waals surface area contributed by atoms with Crippen LogP contribution >= 0.6 is 0 Å². The van der Waals surface area contributed by atoms with E-state index in [1.165, 1.54) is 6.33 Å². The van der Waals surface area contributed by atoms with Gasteiger partial charge in [-0.2, -0.15) is 0 Å². The summed E-state index contributed by atoms with van der Waals surface area (Å²) in [4.78, 5) is 8.55. The molecule has 0 bridgehead atoms. The van der Waals surface area contributed by atoms with Crippen LogP contribution in [0.25, 0.3) is 16.9 Å². The summed E-state index contributed by atoms with van der Waals surface area (Å²) in [6.07, 6.45) is 5.18. The average molecular weight is 469 g/mol. The predicted octanol–water partition coefficient (Wildman–Crippen LogP) is 5.53. The van der Waals surface area contributed by atoms with Crippen LogP contribution in [0.2, 0.25) is 0 Å². The molecule has 1 N–H and O–H groups in total. The molecule has 34 heavy (non-hydrogen) atoms. The van der Waals surface area contributed by atoms with Gasteiger partial charge in [0.2, 0.25) is 5.88 Å². The lowest BCUT2D eigenvalue weighted by molar-refractivity contribution is 0.461.